The van der Waals surface area contributed by atoms with Gasteiger partial charge < -0.3 is 4.74 Å². The number of hydrogen-bond donors (Lipinski definition) is 1. The summed E-state index contributed by atoms with van der Waals surface area (Å²) in [5.41, 5.74) is -0.290. The maximum atomic E-state index is 14.8. The summed E-state index contributed by atoms with van der Waals surface area (Å²) < 4.78 is 51.6. The zero-order valence-corrected chi connectivity index (χ0v) is 20.4. The molecule has 2 heterocycles. The Labute approximate surface area is 207 Å². The molecule has 1 spiro atoms. The zero-order valence-electron chi connectivity index (χ0n) is 19.6. The van der Waals surface area contributed by atoms with Crippen LogP contribution in [0.4, 0.5) is 10.1 Å². The van der Waals surface area contributed by atoms with Crippen LogP contribution in [-0.2, 0) is 15.7 Å². The Morgan fingerprint density at radius 2 is 1.92 bits per heavy atom. The van der Waals surface area contributed by atoms with Gasteiger partial charge in [0.05, 0.1) is 22.9 Å². The van der Waals surface area contributed by atoms with Crippen molar-refractivity contribution in [1.82, 2.24) is 13.9 Å². The predicted molar refractivity (Wildman–Crippen MR) is 130 cm³/mol. The molecule has 2 aromatic carbocycles. The van der Waals surface area contributed by atoms with E-state index in [2.05, 4.69) is 9.71 Å². The van der Waals surface area contributed by atoms with E-state index in [4.69, 9.17) is 4.74 Å². The van der Waals surface area contributed by atoms with E-state index in [0.717, 1.165) is 38.2 Å². The number of anilines is 1. The highest BCUT2D eigenvalue weighted by molar-refractivity contribution is 7.90. The van der Waals surface area contributed by atoms with Crippen LogP contribution >= 0.6 is 0 Å². The van der Waals surface area contributed by atoms with Gasteiger partial charge in [-0.2, -0.15) is 18.0 Å². The Morgan fingerprint density at radius 1 is 1.17 bits per heavy atom. The molecule has 0 radical (unpaired) electrons. The standard InChI is InChI=1S/C25H24FN5O4S/c1-24(9-10-24)31-15-28-20-5-3-16(11-17(20)23(31)32)35-22-18(12-27)21(6-4-19(22)26)29-36(33,34)30-13-25(14-30)7-2-8-25/h3-6,11,15,29H,2,7-10,13-14H2,1H3. The molecule has 0 unspecified atom stereocenters. The van der Waals surface area contributed by atoms with Crippen molar-refractivity contribution in [2.45, 2.75) is 44.6 Å². The van der Waals surface area contributed by atoms with E-state index in [1.807, 2.05) is 13.0 Å². The van der Waals surface area contributed by atoms with Crippen molar-refractivity contribution in [3.8, 4) is 17.6 Å². The Balaban J connectivity index is 1.31. The van der Waals surface area contributed by atoms with Crippen molar-refractivity contribution in [3.05, 3.63) is 58.4 Å². The minimum absolute atomic E-state index is 0.0741. The van der Waals surface area contributed by atoms with E-state index < -0.39 is 21.8 Å². The van der Waals surface area contributed by atoms with Crippen LogP contribution in [0.3, 0.4) is 0 Å². The molecule has 6 rings (SSSR count). The number of ether oxygens (including phenoxy) is 1. The van der Waals surface area contributed by atoms with Gasteiger partial charge >= 0.3 is 10.2 Å². The molecule has 3 aromatic rings. The Morgan fingerprint density at radius 3 is 2.56 bits per heavy atom. The average molecular weight is 510 g/mol. The minimum atomic E-state index is -3.90. The summed E-state index contributed by atoms with van der Waals surface area (Å²) in [6.07, 6.45) is 6.44. The number of hydrogen-bond acceptors (Lipinski definition) is 6. The van der Waals surface area contributed by atoms with Crippen LogP contribution in [0.25, 0.3) is 10.9 Å². The van der Waals surface area contributed by atoms with Crippen LogP contribution in [0.2, 0.25) is 0 Å². The molecule has 3 fully saturated rings. The van der Waals surface area contributed by atoms with Gasteiger partial charge in [0.25, 0.3) is 5.56 Å². The second-order valence-corrected chi connectivity index (χ2v) is 12.0. The summed E-state index contributed by atoms with van der Waals surface area (Å²) in [5, 5.41) is 10.1. The first-order valence-electron chi connectivity index (χ1n) is 11.8. The topological polar surface area (TPSA) is 117 Å². The van der Waals surface area contributed by atoms with Crippen molar-refractivity contribution < 1.29 is 17.5 Å². The monoisotopic (exact) mass is 509 g/mol. The molecule has 9 nitrogen and oxygen atoms in total. The largest absolute Gasteiger partial charge is 0.453 e. The molecule has 0 atom stereocenters. The molecular formula is C25H24FN5O4S. The molecule has 36 heavy (non-hydrogen) atoms. The molecule has 1 saturated heterocycles. The molecule has 1 aromatic heterocycles. The van der Waals surface area contributed by atoms with E-state index in [9.17, 15) is 22.9 Å². The zero-order chi connectivity index (χ0) is 25.3. The normalized spacial score (nSPS) is 19.8. The van der Waals surface area contributed by atoms with Gasteiger partial charge in [-0.1, -0.05) is 6.42 Å². The number of nitrogens with one attached hydrogen (secondary N) is 1. The molecule has 3 aliphatic rings. The third kappa shape index (κ3) is 3.63. The summed E-state index contributed by atoms with van der Waals surface area (Å²) in [4.78, 5) is 17.4. The molecule has 1 aliphatic heterocycles. The summed E-state index contributed by atoms with van der Waals surface area (Å²) in [7, 11) is -3.90. The van der Waals surface area contributed by atoms with Crippen LogP contribution in [-0.4, -0.2) is 35.4 Å². The molecule has 0 amide bonds. The molecule has 2 aliphatic carbocycles. The van der Waals surface area contributed by atoms with Crippen LogP contribution in [0.1, 0.15) is 44.6 Å². The average Bonchev–Trinajstić information content (AvgIpc) is 3.52. The smallest absolute Gasteiger partial charge is 0.301 e. The summed E-state index contributed by atoms with van der Waals surface area (Å²) in [6, 6.07) is 8.67. The second-order valence-electron chi connectivity index (χ2n) is 10.3. The predicted octanol–water partition coefficient (Wildman–Crippen LogP) is 3.85. The first-order valence-corrected chi connectivity index (χ1v) is 13.3. The lowest BCUT2D eigenvalue weighted by Crippen LogP contribution is -2.62. The third-order valence-corrected chi connectivity index (χ3v) is 9.16. The second kappa shape index (κ2) is 7.75. The molecule has 186 valence electrons. The van der Waals surface area contributed by atoms with E-state index in [1.165, 1.54) is 28.8 Å². The highest BCUT2D eigenvalue weighted by Gasteiger charge is 2.51. The van der Waals surface area contributed by atoms with Crippen LogP contribution < -0.4 is 15.0 Å². The fourth-order valence-electron chi connectivity index (χ4n) is 5.01. The maximum Gasteiger partial charge on any atom is 0.301 e. The van der Waals surface area contributed by atoms with Gasteiger partial charge in [0, 0.05) is 18.6 Å². The van der Waals surface area contributed by atoms with E-state index in [-0.39, 0.29) is 33.5 Å². The Hall–Kier alpha value is -3.49. The van der Waals surface area contributed by atoms with Crippen molar-refractivity contribution >= 4 is 26.8 Å². The highest BCUT2D eigenvalue weighted by atomic mass is 32.2. The molecule has 2 saturated carbocycles. The van der Waals surface area contributed by atoms with Gasteiger partial charge in [-0.3, -0.25) is 14.1 Å². The van der Waals surface area contributed by atoms with Gasteiger partial charge in [0.1, 0.15) is 17.4 Å². The highest BCUT2D eigenvalue weighted by Crippen LogP contribution is 2.49. The van der Waals surface area contributed by atoms with Crippen molar-refractivity contribution in [1.29, 1.82) is 5.26 Å². The van der Waals surface area contributed by atoms with Gasteiger partial charge in [-0.05, 0) is 68.4 Å². The molecular weight excluding hydrogens is 485 g/mol. The summed E-state index contributed by atoms with van der Waals surface area (Å²) in [5.74, 6) is -1.12. The SMILES string of the molecule is CC1(n2cnc3ccc(Oc4c(F)ccc(NS(=O)(=O)N5CC6(CCC6)C5)c4C#N)cc3c2=O)CC1. The maximum absolute atomic E-state index is 14.8. The number of fused-ring (bicyclic) bond motifs is 1. The number of rotatable bonds is 6. The lowest BCUT2D eigenvalue weighted by atomic mass is 9.65. The first kappa shape index (κ1) is 22.9. The Kier molecular flexibility index (Phi) is 4.94. The Bertz CT molecular complexity index is 1610. The number of halogens is 1. The summed E-state index contributed by atoms with van der Waals surface area (Å²) in [6.45, 7) is 2.86. The summed E-state index contributed by atoms with van der Waals surface area (Å²) >= 11 is 0. The number of nitrogens with zero attached hydrogens (tertiary/aromatic N) is 4. The number of aromatic nitrogens is 2. The van der Waals surface area contributed by atoms with E-state index in [1.54, 1.807) is 10.6 Å². The van der Waals surface area contributed by atoms with E-state index >= 15 is 0 Å². The lowest BCUT2D eigenvalue weighted by molar-refractivity contribution is -0.00752. The lowest BCUT2D eigenvalue weighted by Gasteiger charge is -2.54. The minimum Gasteiger partial charge on any atom is -0.453 e. The number of benzene rings is 2. The number of nitriles is 1. The van der Waals surface area contributed by atoms with Crippen LogP contribution in [0, 0.1) is 22.6 Å². The van der Waals surface area contributed by atoms with Crippen molar-refractivity contribution in [2.24, 2.45) is 5.41 Å². The van der Waals surface area contributed by atoms with Gasteiger partial charge in [-0.25, -0.2) is 9.37 Å². The third-order valence-electron chi connectivity index (χ3n) is 7.74. The van der Waals surface area contributed by atoms with Crippen LogP contribution in [0.5, 0.6) is 11.5 Å². The fourth-order valence-corrected chi connectivity index (χ4v) is 6.48. The van der Waals surface area contributed by atoms with Gasteiger partial charge in [-0.15, -0.1) is 0 Å². The molecule has 1 N–H and O–H groups in total. The quantitative estimate of drug-likeness (QED) is 0.539. The van der Waals surface area contributed by atoms with E-state index in [0.29, 0.717) is 24.0 Å². The van der Waals surface area contributed by atoms with Gasteiger partial charge in [0.15, 0.2) is 11.6 Å². The van der Waals surface area contributed by atoms with Crippen molar-refractivity contribution in [3.63, 3.8) is 0 Å². The fraction of sp³-hybridized carbons (Fsp3) is 0.400. The van der Waals surface area contributed by atoms with Crippen LogP contribution in [0.15, 0.2) is 41.5 Å². The van der Waals surface area contributed by atoms with Crippen molar-refractivity contribution in [2.75, 3.05) is 17.8 Å². The first-order chi connectivity index (χ1) is 17.1. The molecule has 0 bridgehead atoms. The molecule has 11 heteroatoms. The van der Waals surface area contributed by atoms with Gasteiger partial charge in [0.2, 0.25) is 0 Å².